The SMILES string of the molecule is CC(C)CCC(C)N.CC(C)CCCNC(C)C.CC(C)NCCCNC(C)C.CCCCC(CC)CN.CCCCCC(C)N.CCCCCCC(C)N.CCCCCCCCCCN.CCCCCCCCNC.CCCCCNCC.CCCCNC.CCNCCCNCC.CNCCCN(C)CCCNC.CNCCCNC.NCC12CC3CC(CC(C3)C1)C2. The van der Waals surface area contributed by atoms with E-state index in [0.29, 0.717) is 41.7 Å². The Hall–Kier alpha value is -0.760. The fourth-order valence-electron chi connectivity index (χ4n) is 15.2. The van der Waals surface area contributed by atoms with Crippen LogP contribution in [0.5, 0.6) is 0 Å². The fourth-order valence-corrected chi connectivity index (χ4v) is 15.2. The predicted molar refractivity (Wildman–Crippen MR) is 603 cm³/mol. The second kappa shape index (κ2) is 137. The maximum absolute atomic E-state index is 5.93. The molecule has 0 aromatic heterocycles. The highest BCUT2D eigenvalue weighted by Gasteiger charge is 2.50. The number of nitrogens with two attached hydrogens (primary N) is 6. The van der Waals surface area contributed by atoms with Gasteiger partial charge in [0.1, 0.15) is 0 Å². The van der Waals surface area contributed by atoms with Crippen LogP contribution in [0.2, 0.25) is 0 Å². The van der Waals surface area contributed by atoms with Gasteiger partial charge in [-0.2, -0.15) is 0 Å². The molecule has 4 bridgehead atoms. The van der Waals surface area contributed by atoms with Gasteiger partial charge in [0, 0.05) is 36.3 Å². The van der Waals surface area contributed by atoms with Crippen molar-refractivity contribution in [2.45, 2.75) is 504 Å². The second-order valence-corrected chi connectivity index (χ2v) is 40.2. The van der Waals surface area contributed by atoms with Crippen LogP contribution < -0.4 is 98.2 Å². The molecule has 0 amide bonds. The lowest BCUT2D eigenvalue weighted by atomic mass is 9.50. The van der Waals surface area contributed by atoms with Crippen LogP contribution >= 0.6 is 0 Å². The highest BCUT2D eigenvalue weighted by Crippen LogP contribution is 2.59. The van der Waals surface area contributed by atoms with Crippen LogP contribution in [0.1, 0.15) is 468 Å². The summed E-state index contributed by atoms with van der Waals surface area (Å²) in [6.45, 7) is 74.6. The molecule has 4 saturated carbocycles. The van der Waals surface area contributed by atoms with Gasteiger partial charge in [-0.15, -0.1) is 0 Å². The summed E-state index contributed by atoms with van der Waals surface area (Å²) in [6.07, 6.45) is 63.1. The van der Waals surface area contributed by atoms with Crippen LogP contribution in [0.3, 0.4) is 0 Å². The first-order chi connectivity index (χ1) is 62.4. The molecule has 802 valence electrons. The average Bonchev–Trinajstić information content (AvgIpc) is 0.755. The van der Waals surface area contributed by atoms with E-state index in [1.807, 2.05) is 42.3 Å². The van der Waals surface area contributed by atoms with Crippen molar-refractivity contribution >= 4 is 0 Å². The lowest BCUT2D eigenvalue weighted by molar-refractivity contribution is -0.0468. The minimum atomic E-state index is 0.386. The molecule has 19 heteroatoms. The summed E-state index contributed by atoms with van der Waals surface area (Å²) in [6, 6.07) is 3.08. The molecule has 4 unspecified atom stereocenters. The molecular weight excluding hydrogens is 1600 g/mol. The summed E-state index contributed by atoms with van der Waals surface area (Å²) in [5, 5.41) is 38.6. The first kappa shape index (κ1) is 152. The molecule has 0 aromatic rings. The highest BCUT2D eigenvalue weighted by molar-refractivity contribution is 5.01. The van der Waals surface area contributed by atoms with Crippen LogP contribution in [0.4, 0.5) is 0 Å². The number of hydrogen-bond acceptors (Lipinski definition) is 19. The molecule has 0 saturated heterocycles. The van der Waals surface area contributed by atoms with Crippen molar-refractivity contribution in [2.24, 2.45) is 75.3 Å². The van der Waals surface area contributed by atoms with E-state index in [1.54, 1.807) is 0 Å². The molecular formula is C111H263N19. The maximum Gasteiger partial charge on any atom is 0.00105 e. The summed E-state index contributed by atoms with van der Waals surface area (Å²) < 4.78 is 0. The van der Waals surface area contributed by atoms with E-state index in [4.69, 9.17) is 34.4 Å². The van der Waals surface area contributed by atoms with Crippen molar-refractivity contribution in [1.29, 1.82) is 0 Å². The molecule has 4 aliphatic rings. The number of nitrogens with one attached hydrogen (secondary N) is 12. The molecule has 0 spiro atoms. The summed E-state index contributed by atoms with van der Waals surface area (Å²) >= 11 is 0. The minimum absolute atomic E-state index is 0.386. The van der Waals surface area contributed by atoms with Crippen LogP contribution in [0.25, 0.3) is 0 Å². The van der Waals surface area contributed by atoms with Gasteiger partial charge >= 0.3 is 0 Å². The number of hydrogen-bond donors (Lipinski definition) is 18. The molecule has 0 aliphatic heterocycles. The van der Waals surface area contributed by atoms with E-state index in [1.165, 1.54) is 328 Å². The van der Waals surface area contributed by atoms with Gasteiger partial charge in [0.15, 0.2) is 0 Å². The van der Waals surface area contributed by atoms with Crippen molar-refractivity contribution in [1.82, 2.24) is 68.7 Å². The summed E-state index contributed by atoms with van der Waals surface area (Å²) in [7, 11) is 14.1. The Kier molecular flexibility index (Phi) is 160. The Morgan fingerprint density at radius 3 is 0.877 bits per heavy atom. The Morgan fingerprint density at radius 1 is 0.285 bits per heavy atom. The Labute approximate surface area is 823 Å². The lowest BCUT2D eigenvalue weighted by Gasteiger charge is -2.56. The fraction of sp³-hybridized carbons (Fsp3) is 1.00. The number of rotatable bonds is 70. The quantitative estimate of drug-likeness (QED) is 0.0252. The molecule has 4 aliphatic carbocycles. The van der Waals surface area contributed by atoms with Gasteiger partial charge in [0.25, 0.3) is 0 Å². The van der Waals surface area contributed by atoms with Crippen molar-refractivity contribution in [2.75, 3.05) is 180 Å². The standard InChI is InChI=1S/C11H19N.C10H23N.C9H23N3.C9H22N2.2C9H21N.2C8H19N.C7H18N2.3C7H17N.C5H14N2.C5H13N/c12-7-11-4-8-1-9(5-11)3-10(2-8)6-11;1-2-3-4-5-6-7-8-9-10-11;1-10-6-4-8-12(3)9-5-7-11-2;1-8(2)10-6-5-7-11-9(3)4;1-8(2)6-5-7-10-9(3)4;1-3-4-5-6-7-8-9-10-2;1-3-4-5-6-7-8(2)9;1-3-5-6-8(4-2)7-9;1-3-8-6-5-7-9-4-2;1-6(2)4-5-7(3)8;1-3-4-5-6-7(2)8;1-3-5-6-7-8-4-2;1-6-4-3-5-7-2;1-3-4-5-6-2/h8-10H,1-7,12H2;2-11H2,1H3;10-11H,4-9H2,1-3H3;8-11H,5-7H2,1-4H3;8-10H,5-7H2,1-4H3;10H,3-9H2,1-2H3;2*8H,3-7,9H2,1-2H3;8-9H,3-7H2,1-2H3;6-7H,4-5,8H2,1-3H3;7H,3-6,8H2,1-2H3;8H,3-7H2,1-2H3;6-7H,3-5H2,1-2H3;6H,3-5H2,1-2H3. The van der Waals surface area contributed by atoms with E-state index in [2.05, 4.69) is 242 Å². The smallest absolute Gasteiger partial charge is 0.00105 e. The predicted octanol–water partition coefficient (Wildman–Crippen LogP) is 23.1. The third kappa shape index (κ3) is 164. The van der Waals surface area contributed by atoms with Crippen molar-refractivity contribution in [3.05, 3.63) is 0 Å². The number of nitrogens with zero attached hydrogens (tertiary/aromatic N) is 1. The van der Waals surface area contributed by atoms with Crippen molar-refractivity contribution in [3.63, 3.8) is 0 Å². The van der Waals surface area contributed by atoms with Gasteiger partial charge in [0.2, 0.25) is 0 Å². The van der Waals surface area contributed by atoms with Crippen molar-refractivity contribution in [3.8, 4) is 0 Å². The van der Waals surface area contributed by atoms with E-state index >= 15 is 0 Å². The van der Waals surface area contributed by atoms with Crippen LogP contribution in [-0.2, 0) is 0 Å². The molecule has 4 fully saturated rings. The van der Waals surface area contributed by atoms with E-state index in [0.717, 1.165) is 140 Å². The normalized spacial score (nSPS) is 15.6. The molecule has 130 heavy (non-hydrogen) atoms. The van der Waals surface area contributed by atoms with Gasteiger partial charge in [-0.05, 0) is 383 Å². The van der Waals surface area contributed by atoms with Crippen LogP contribution in [-0.4, -0.2) is 221 Å². The Morgan fingerprint density at radius 2 is 0.569 bits per heavy atom. The molecule has 24 N–H and O–H groups in total. The molecule has 0 aromatic carbocycles. The summed E-state index contributed by atoms with van der Waals surface area (Å²) in [5.74, 6) is 5.65. The largest absolute Gasteiger partial charge is 0.330 e. The van der Waals surface area contributed by atoms with Gasteiger partial charge in [-0.3, -0.25) is 0 Å². The molecule has 4 atom stereocenters. The molecule has 4 rings (SSSR count). The zero-order valence-electron chi connectivity index (χ0n) is 95.7. The lowest BCUT2D eigenvalue weighted by Crippen LogP contribution is -2.49. The van der Waals surface area contributed by atoms with Gasteiger partial charge in [0.05, 0.1) is 0 Å². The Bertz CT molecular complexity index is 1670. The molecule has 19 nitrogen and oxygen atoms in total. The summed E-state index contributed by atoms with van der Waals surface area (Å²) in [5.41, 5.74) is 34.1. The van der Waals surface area contributed by atoms with Gasteiger partial charge in [-0.25, -0.2) is 0 Å². The second-order valence-electron chi connectivity index (χ2n) is 40.2. The van der Waals surface area contributed by atoms with E-state index in [-0.39, 0.29) is 0 Å². The van der Waals surface area contributed by atoms with Crippen molar-refractivity contribution < 1.29 is 0 Å². The molecule has 0 heterocycles. The summed E-state index contributed by atoms with van der Waals surface area (Å²) in [4.78, 5) is 2.38. The highest BCUT2D eigenvalue weighted by atomic mass is 15.1. The Balaban J connectivity index is -0.000000131. The topological polar surface area (TPSA) is 304 Å². The monoisotopic (exact) mass is 1860 g/mol. The van der Waals surface area contributed by atoms with Crippen LogP contribution in [0.15, 0.2) is 0 Å². The van der Waals surface area contributed by atoms with Gasteiger partial charge in [-0.1, -0.05) is 306 Å². The minimum Gasteiger partial charge on any atom is -0.330 e. The van der Waals surface area contributed by atoms with E-state index in [9.17, 15) is 0 Å². The third-order valence-corrected chi connectivity index (χ3v) is 23.2. The first-order valence-electron chi connectivity index (χ1n) is 56.6. The van der Waals surface area contributed by atoms with Gasteiger partial charge < -0.3 is 103 Å². The van der Waals surface area contributed by atoms with Crippen LogP contribution in [0, 0.1) is 40.9 Å². The average molecular weight is 1860 g/mol. The van der Waals surface area contributed by atoms with E-state index < -0.39 is 0 Å². The zero-order valence-corrected chi connectivity index (χ0v) is 95.7. The zero-order chi connectivity index (χ0) is 101. The molecule has 0 radical (unpaired) electrons. The third-order valence-electron chi connectivity index (χ3n) is 23.2. The first-order valence-corrected chi connectivity index (χ1v) is 56.6. The number of unbranched alkanes of at least 4 members (excludes halogenated alkanes) is 21. The maximum atomic E-state index is 5.93.